The zero-order valence-electron chi connectivity index (χ0n) is 22.1. The van der Waals surface area contributed by atoms with Gasteiger partial charge < -0.3 is 20.6 Å². The van der Waals surface area contributed by atoms with Crippen LogP contribution in [0.2, 0.25) is 0 Å². The second kappa shape index (κ2) is 12.4. The standard InChI is InChI=1S/C31H37F3N4O/c32-31(33,34)25-10-12-27(13-11-25)38-17-4-7-26(21-38)36-28-8-1-2-9-29(28)37-30-20-24(14-16-35-30)23-6-3-5-22(19-23)15-18-39/h3,5-6,10-14,16,19-20,26,28-29,36,39H,1-2,4,7-9,15,17-18,21H2,(H,35,37)/t26-,28+,29+/m0/s1. The van der Waals surface area contributed by atoms with E-state index in [-0.39, 0.29) is 18.7 Å². The van der Waals surface area contributed by atoms with Gasteiger partial charge in [-0.2, -0.15) is 13.2 Å². The smallest absolute Gasteiger partial charge is 0.396 e. The maximum Gasteiger partial charge on any atom is 0.416 e. The van der Waals surface area contributed by atoms with Crippen LogP contribution in [0.1, 0.15) is 49.7 Å². The van der Waals surface area contributed by atoms with Crippen LogP contribution in [0.4, 0.5) is 24.7 Å². The number of rotatable bonds is 8. The van der Waals surface area contributed by atoms with E-state index < -0.39 is 11.7 Å². The Hall–Kier alpha value is -3.10. The van der Waals surface area contributed by atoms with Gasteiger partial charge in [0.25, 0.3) is 0 Å². The minimum atomic E-state index is -4.31. The van der Waals surface area contributed by atoms with Crippen molar-refractivity contribution in [2.75, 3.05) is 29.9 Å². The third-order valence-corrected chi connectivity index (χ3v) is 7.95. The van der Waals surface area contributed by atoms with Crippen LogP contribution in [0.25, 0.3) is 11.1 Å². The van der Waals surface area contributed by atoms with Crippen LogP contribution in [0, 0.1) is 0 Å². The molecule has 0 bridgehead atoms. The average Bonchev–Trinajstić information content (AvgIpc) is 2.94. The monoisotopic (exact) mass is 538 g/mol. The summed E-state index contributed by atoms with van der Waals surface area (Å²) in [5.41, 5.74) is 3.54. The van der Waals surface area contributed by atoms with Gasteiger partial charge in [0.15, 0.2) is 0 Å². The number of piperidine rings is 1. The van der Waals surface area contributed by atoms with Gasteiger partial charge in [0.1, 0.15) is 5.82 Å². The van der Waals surface area contributed by atoms with Crippen molar-refractivity contribution in [1.82, 2.24) is 10.3 Å². The molecule has 5 nitrogen and oxygen atoms in total. The van der Waals surface area contributed by atoms with Crippen LogP contribution >= 0.6 is 0 Å². The molecular weight excluding hydrogens is 501 g/mol. The van der Waals surface area contributed by atoms with Gasteiger partial charge in [-0.1, -0.05) is 37.1 Å². The fourth-order valence-electron chi connectivity index (χ4n) is 5.93. The van der Waals surface area contributed by atoms with Crippen molar-refractivity contribution >= 4 is 11.5 Å². The maximum absolute atomic E-state index is 13.0. The van der Waals surface area contributed by atoms with Crippen molar-refractivity contribution in [3.05, 3.63) is 78.0 Å². The lowest BCUT2D eigenvalue weighted by molar-refractivity contribution is -0.137. The number of aliphatic hydroxyl groups is 1. The summed E-state index contributed by atoms with van der Waals surface area (Å²) < 4.78 is 39.0. The van der Waals surface area contributed by atoms with Crippen LogP contribution in [0.15, 0.2) is 66.9 Å². The number of hydrogen-bond acceptors (Lipinski definition) is 5. The van der Waals surface area contributed by atoms with Crippen LogP contribution in [0.5, 0.6) is 0 Å². The number of pyridine rings is 1. The number of benzene rings is 2. The molecule has 0 spiro atoms. The van der Waals surface area contributed by atoms with E-state index in [1.165, 1.54) is 25.0 Å². The molecule has 0 radical (unpaired) electrons. The van der Waals surface area contributed by atoms with Crippen molar-refractivity contribution < 1.29 is 18.3 Å². The van der Waals surface area contributed by atoms with Gasteiger partial charge in [-0.05, 0) is 85.2 Å². The number of aliphatic hydroxyl groups excluding tert-OH is 1. The summed E-state index contributed by atoms with van der Waals surface area (Å²) >= 11 is 0. The normalized spacial score (nSPS) is 22.1. The fraction of sp³-hybridized carbons (Fsp3) is 0.452. The Balaban J connectivity index is 1.23. The molecule has 3 atom stereocenters. The number of nitrogens with one attached hydrogen (secondary N) is 2. The van der Waals surface area contributed by atoms with E-state index in [1.54, 1.807) is 12.1 Å². The molecule has 5 rings (SSSR count). The summed E-state index contributed by atoms with van der Waals surface area (Å²) in [4.78, 5) is 6.80. The quantitative estimate of drug-likeness (QED) is 0.315. The predicted octanol–water partition coefficient (Wildman–Crippen LogP) is 6.28. The molecule has 3 N–H and O–H groups in total. The molecule has 3 aromatic rings. The Morgan fingerprint density at radius 3 is 2.44 bits per heavy atom. The minimum absolute atomic E-state index is 0.131. The Morgan fingerprint density at radius 2 is 1.67 bits per heavy atom. The highest BCUT2D eigenvalue weighted by Crippen LogP contribution is 2.32. The second-order valence-corrected chi connectivity index (χ2v) is 10.7. The van der Waals surface area contributed by atoms with Gasteiger partial charge in [-0.25, -0.2) is 4.98 Å². The SMILES string of the molecule is OCCc1cccc(-c2ccnc(N[C@@H]3CCCC[C@H]3N[C@H]3CCCN(c4ccc(C(F)(F)F)cc4)C3)c2)c1. The van der Waals surface area contributed by atoms with E-state index >= 15 is 0 Å². The van der Waals surface area contributed by atoms with Crippen LogP contribution < -0.4 is 15.5 Å². The zero-order valence-corrected chi connectivity index (χ0v) is 22.1. The van der Waals surface area contributed by atoms with E-state index in [9.17, 15) is 18.3 Å². The van der Waals surface area contributed by atoms with Crippen molar-refractivity contribution in [3.63, 3.8) is 0 Å². The van der Waals surface area contributed by atoms with Gasteiger partial charge in [0, 0.05) is 49.7 Å². The highest BCUT2D eigenvalue weighted by Gasteiger charge is 2.32. The topological polar surface area (TPSA) is 60.4 Å². The van der Waals surface area contributed by atoms with Crippen LogP contribution in [0.3, 0.4) is 0 Å². The summed E-state index contributed by atoms with van der Waals surface area (Å²) in [5.74, 6) is 0.855. The van der Waals surface area contributed by atoms with Crippen molar-refractivity contribution in [1.29, 1.82) is 0 Å². The summed E-state index contributed by atoms with van der Waals surface area (Å²) in [7, 11) is 0. The fourth-order valence-corrected chi connectivity index (χ4v) is 5.93. The van der Waals surface area contributed by atoms with Gasteiger partial charge in [-0.15, -0.1) is 0 Å². The van der Waals surface area contributed by atoms with Crippen molar-refractivity contribution in [2.24, 2.45) is 0 Å². The summed E-state index contributed by atoms with van der Waals surface area (Å²) in [6, 6.07) is 18.7. The predicted molar refractivity (Wildman–Crippen MR) is 150 cm³/mol. The number of aromatic nitrogens is 1. The highest BCUT2D eigenvalue weighted by molar-refractivity contribution is 5.67. The molecule has 2 aromatic carbocycles. The van der Waals surface area contributed by atoms with Gasteiger partial charge in [0.2, 0.25) is 0 Å². The number of halogens is 3. The Kier molecular flexibility index (Phi) is 8.72. The lowest BCUT2D eigenvalue weighted by Crippen LogP contribution is -2.55. The molecule has 0 amide bonds. The Labute approximate surface area is 228 Å². The second-order valence-electron chi connectivity index (χ2n) is 10.7. The van der Waals surface area contributed by atoms with E-state index in [4.69, 9.17) is 0 Å². The summed E-state index contributed by atoms with van der Waals surface area (Å²) in [6.07, 6.45) is 4.70. The lowest BCUT2D eigenvalue weighted by Gasteiger charge is -2.40. The first kappa shape index (κ1) is 27.5. The maximum atomic E-state index is 13.0. The van der Waals surface area contributed by atoms with Crippen molar-refractivity contribution in [3.8, 4) is 11.1 Å². The molecule has 1 aliphatic carbocycles. The number of anilines is 2. The average molecular weight is 539 g/mol. The molecule has 1 aromatic heterocycles. The minimum Gasteiger partial charge on any atom is -0.396 e. The van der Waals surface area contributed by atoms with E-state index in [1.807, 2.05) is 24.4 Å². The molecule has 1 saturated heterocycles. The highest BCUT2D eigenvalue weighted by atomic mass is 19.4. The molecular formula is C31H37F3N4O. The first-order valence-electron chi connectivity index (χ1n) is 14.0. The Morgan fingerprint density at radius 1 is 0.897 bits per heavy atom. The molecule has 39 heavy (non-hydrogen) atoms. The third kappa shape index (κ3) is 7.11. The molecule has 0 unspecified atom stereocenters. The van der Waals surface area contributed by atoms with Gasteiger partial charge in [-0.3, -0.25) is 0 Å². The molecule has 1 aliphatic heterocycles. The molecule has 2 heterocycles. The number of hydrogen-bond donors (Lipinski definition) is 3. The number of nitrogens with zero attached hydrogens (tertiary/aromatic N) is 2. The summed E-state index contributed by atoms with van der Waals surface area (Å²) in [5, 5.41) is 16.9. The van der Waals surface area contributed by atoms with Gasteiger partial charge in [0.05, 0.1) is 5.56 Å². The van der Waals surface area contributed by atoms with E-state index in [0.717, 1.165) is 67.0 Å². The molecule has 2 fully saturated rings. The van der Waals surface area contributed by atoms with Crippen LogP contribution in [-0.2, 0) is 12.6 Å². The van der Waals surface area contributed by atoms with Gasteiger partial charge >= 0.3 is 6.18 Å². The zero-order chi connectivity index (χ0) is 27.2. The summed E-state index contributed by atoms with van der Waals surface area (Å²) in [6.45, 7) is 1.77. The third-order valence-electron chi connectivity index (χ3n) is 7.95. The van der Waals surface area contributed by atoms with Crippen molar-refractivity contribution in [2.45, 2.75) is 69.2 Å². The van der Waals surface area contributed by atoms with E-state index in [0.29, 0.717) is 12.5 Å². The van der Waals surface area contributed by atoms with E-state index in [2.05, 4.69) is 38.7 Å². The number of alkyl halides is 3. The molecule has 2 aliphatic rings. The molecule has 1 saturated carbocycles. The molecule has 8 heteroatoms. The molecule has 208 valence electrons. The first-order valence-corrected chi connectivity index (χ1v) is 14.0. The lowest BCUT2D eigenvalue weighted by atomic mass is 9.89. The first-order chi connectivity index (χ1) is 18.9. The largest absolute Gasteiger partial charge is 0.416 e. The van der Waals surface area contributed by atoms with Crippen LogP contribution in [-0.4, -0.2) is 47.9 Å². The Bertz CT molecular complexity index is 1220.